The number of hydrogen-bond acceptors (Lipinski definition) is 13. The number of carbonyl (C=O) groups is 2. The smallest absolute Gasteiger partial charge is 0.387 e. The molecule has 1 amide bonds. The number of halogens is 9. The van der Waals surface area contributed by atoms with Crippen LogP contribution in [0.4, 0.5) is 17.6 Å². The van der Waals surface area contributed by atoms with E-state index in [0.717, 1.165) is 151 Å². The Hall–Kier alpha value is -5.15. The molecule has 5 aromatic carbocycles. The van der Waals surface area contributed by atoms with Gasteiger partial charge < -0.3 is 59.3 Å². The first-order valence-corrected chi connectivity index (χ1v) is 29.6. The summed E-state index contributed by atoms with van der Waals surface area (Å²) in [6, 6.07) is 33.6. The lowest BCUT2D eigenvalue weighted by atomic mass is 9.92. The molecule has 3 heterocycles. The number of Topliss-reactive ketones (excluding diaryl/α,β-unsaturated/α-hetero) is 1. The average molecular weight is 1280 g/mol. The van der Waals surface area contributed by atoms with Crippen LogP contribution in [0.5, 0.6) is 40.2 Å². The normalized spacial score (nSPS) is 15.2. The van der Waals surface area contributed by atoms with Gasteiger partial charge in [0.15, 0.2) is 6.61 Å². The summed E-state index contributed by atoms with van der Waals surface area (Å²) in [6.07, 6.45) is 9.84. The Morgan fingerprint density at radius 3 is 1.24 bits per heavy atom. The van der Waals surface area contributed by atoms with E-state index in [1.807, 2.05) is 72.8 Å². The van der Waals surface area contributed by atoms with Crippen molar-refractivity contribution in [2.45, 2.75) is 89.5 Å². The van der Waals surface area contributed by atoms with Crippen molar-refractivity contribution in [2.24, 2.45) is 11.7 Å². The summed E-state index contributed by atoms with van der Waals surface area (Å²) in [5, 5.41) is 13.9. The van der Waals surface area contributed by atoms with Crippen molar-refractivity contribution in [1.29, 1.82) is 0 Å². The fourth-order valence-electron chi connectivity index (χ4n) is 9.06. The minimum absolute atomic E-state index is 0. The zero-order valence-electron chi connectivity index (χ0n) is 47.0. The number of alkyl halides is 5. The molecule has 0 radical (unpaired) electrons. The number of likely N-dealkylation sites (tertiary alicyclic amines) is 3. The molecule has 14 nitrogen and oxygen atoms in total. The largest absolute Gasteiger partial charge is 0.508 e. The van der Waals surface area contributed by atoms with E-state index in [4.69, 9.17) is 76.2 Å². The van der Waals surface area contributed by atoms with E-state index in [0.29, 0.717) is 42.4 Å². The van der Waals surface area contributed by atoms with Crippen molar-refractivity contribution in [2.75, 3.05) is 91.2 Å². The predicted octanol–water partition coefficient (Wildman–Crippen LogP) is 13.3. The van der Waals surface area contributed by atoms with Crippen LogP contribution < -0.4 is 39.5 Å². The Bertz CT molecular complexity index is 2530. The lowest BCUT2D eigenvalue weighted by molar-refractivity contribution is -0.124. The van der Waals surface area contributed by atoms with Crippen LogP contribution in [0.1, 0.15) is 64.2 Å². The number of ether oxygens (including phenoxy) is 6. The predicted molar refractivity (Wildman–Crippen MR) is 326 cm³/mol. The van der Waals surface area contributed by atoms with Crippen LogP contribution >= 0.6 is 58.8 Å². The maximum atomic E-state index is 12.2. The average Bonchev–Trinajstić information content (AvgIpc) is 3.48. The Balaban J connectivity index is 0.000000255. The van der Waals surface area contributed by atoms with E-state index >= 15 is 0 Å². The van der Waals surface area contributed by atoms with Crippen LogP contribution in [0.2, 0.25) is 15.1 Å². The number of ketones is 1. The molecule has 0 aliphatic carbocycles. The lowest BCUT2D eigenvalue weighted by Crippen LogP contribution is -2.46. The third-order valence-corrected chi connectivity index (χ3v) is 14.6. The number of piperidine rings is 3. The first-order chi connectivity index (χ1) is 40.1. The third-order valence-electron chi connectivity index (χ3n) is 13.5. The number of phenols is 1. The van der Waals surface area contributed by atoms with E-state index in [2.05, 4.69) is 29.5 Å². The second kappa shape index (κ2) is 41.0. The number of amides is 1. The second-order valence-electron chi connectivity index (χ2n) is 20.0. The number of benzene rings is 5. The summed E-state index contributed by atoms with van der Waals surface area (Å²) in [5.74, 6) is 3.74. The maximum Gasteiger partial charge on any atom is 0.387 e. The van der Waals surface area contributed by atoms with Crippen LogP contribution in [0.25, 0.3) is 0 Å². The highest BCUT2D eigenvalue weighted by atomic mass is 35.5. The molecule has 464 valence electrons. The minimum atomic E-state index is -2.87. The highest BCUT2D eigenvalue weighted by Crippen LogP contribution is 2.24. The van der Waals surface area contributed by atoms with Gasteiger partial charge >= 0.3 is 13.2 Å². The van der Waals surface area contributed by atoms with Gasteiger partial charge in [0.1, 0.15) is 46.0 Å². The molecule has 0 saturated carbocycles. The number of aromatic hydroxyl groups is 1. The van der Waals surface area contributed by atoms with Crippen LogP contribution in [0.15, 0.2) is 121 Å². The molecule has 4 N–H and O–H groups in total. The number of rotatable bonds is 26. The van der Waals surface area contributed by atoms with Crippen molar-refractivity contribution in [3.63, 3.8) is 0 Å². The fourth-order valence-corrected chi connectivity index (χ4v) is 9.55. The van der Waals surface area contributed by atoms with E-state index in [1.165, 1.54) is 48.5 Å². The molecule has 0 spiro atoms. The SMILES string of the molecule is Cl.NC1CCN(CCCOc2ccc(Cl)cc2)CC1.O=C(CCl)CC1CCN(CCCOc2ccc(Cl)cc2)CC1.O=C(COc1ccc(OC(F)F)cc1)NC1CCN(CCCOc2ccc(Cl)cc2)CC1.Oc1ccc(OC(F)F)cc1. The van der Waals surface area contributed by atoms with Crippen molar-refractivity contribution in [1.82, 2.24) is 20.0 Å². The molecule has 3 aliphatic rings. The Kier molecular flexibility index (Phi) is 34.8. The van der Waals surface area contributed by atoms with Crippen molar-refractivity contribution >= 4 is 70.5 Å². The zero-order valence-corrected chi connectivity index (χ0v) is 50.8. The zero-order chi connectivity index (χ0) is 59.6. The maximum absolute atomic E-state index is 12.2. The Labute approximate surface area is 517 Å². The molecule has 8 rings (SSSR count). The van der Waals surface area contributed by atoms with Gasteiger partial charge in [-0.25, -0.2) is 0 Å². The molecule has 0 aromatic heterocycles. The summed E-state index contributed by atoms with van der Waals surface area (Å²) in [5.41, 5.74) is 5.88. The fraction of sp³-hybridized carbons (Fsp3) is 0.475. The molecule has 84 heavy (non-hydrogen) atoms. The third kappa shape index (κ3) is 31.3. The number of nitrogens with zero attached hydrogens (tertiary/aromatic N) is 3. The van der Waals surface area contributed by atoms with Crippen LogP contribution in [-0.2, 0) is 9.59 Å². The van der Waals surface area contributed by atoms with Gasteiger partial charge in [-0.1, -0.05) is 34.8 Å². The van der Waals surface area contributed by atoms with Gasteiger partial charge in [0.05, 0.1) is 25.7 Å². The number of carbonyl (C=O) groups excluding carboxylic acids is 2. The van der Waals surface area contributed by atoms with Crippen LogP contribution in [-0.4, -0.2) is 148 Å². The van der Waals surface area contributed by atoms with E-state index in [9.17, 15) is 27.2 Å². The van der Waals surface area contributed by atoms with E-state index < -0.39 is 13.2 Å². The standard InChI is InChI=1S/C23H27ClF2N2O4.C17H23Cl2NO2.C14H21ClN2O.C7H6F2O2.ClH/c24-17-2-4-19(5-3-17)30-15-1-12-28-13-10-18(11-14-28)27-22(29)16-31-20-6-8-21(9-7-20)32-23(25)26;18-13-16(21)12-14-6-9-20(10-7-14)8-1-11-22-17-4-2-15(19)3-5-17;15-12-2-4-14(5-3-12)18-11-1-8-17-9-6-13(16)7-10-17;8-7(9)11-6-3-1-5(10)2-4-6;/h2-9,18,23H,1,10-16H2,(H,27,29);2-5,14H,1,6-13H2;2-5,13H,1,6-11,16H2;1-4,7,10H;1H. The molecule has 5 aromatic rings. The first-order valence-electron chi connectivity index (χ1n) is 27.9. The highest BCUT2D eigenvalue weighted by molar-refractivity contribution is 6.31. The van der Waals surface area contributed by atoms with Gasteiger partial charge in [-0.2, -0.15) is 17.6 Å². The number of nitrogens with two attached hydrogens (primary N) is 1. The van der Waals surface area contributed by atoms with Crippen molar-refractivity contribution in [3.05, 3.63) is 136 Å². The minimum Gasteiger partial charge on any atom is -0.508 e. The summed E-state index contributed by atoms with van der Waals surface area (Å²) in [6.45, 7) is 5.61. The summed E-state index contributed by atoms with van der Waals surface area (Å²) in [4.78, 5) is 30.8. The Morgan fingerprint density at radius 1 is 0.524 bits per heavy atom. The molecule has 23 heteroatoms. The van der Waals surface area contributed by atoms with E-state index in [1.54, 1.807) is 0 Å². The number of nitrogens with one attached hydrogen (secondary N) is 1. The van der Waals surface area contributed by atoms with Gasteiger partial charge in [0, 0.05) is 66.3 Å². The Morgan fingerprint density at radius 2 is 0.857 bits per heavy atom. The molecule has 0 atom stereocenters. The number of hydrogen-bond donors (Lipinski definition) is 3. The van der Waals surface area contributed by atoms with Crippen LogP contribution in [0.3, 0.4) is 0 Å². The van der Waals surface area contributed by atoms with Crippen molar-refractivity contribution in [3.8, 4) is 40.2 Å². The van der Waals surface area contributed by atoms with Gasteiger partial charge in [0.2, 0.25) is 0 Å². The van der Waals surface area contributed by atoms with Gasteiger partial charge in [-0.15, -0.1) is 24.0 Å². The van der Waals surface area contributed by atoms with Gasteiger partial charge in [-0.3, -0.25) is 9.59 Å². The molecule has 3 fully saturated rings. The molecule has 3 aliphatic heterocycles. The van der Waals surface area contributed by atoms with Crippen molar-refractivity contribution < 1.29 is 60.7 Å². The quantitative estimate of drug-likeness (QED) is 0.0273. The molecular formula is C61H78Cl5F4N5O9. The van der Waals surface area contributed by atoms with Gasteiger partial charge in [-0.05, 0) is 211 Å². The highest BCUT2D eigenvalue weighted by Gasteiger charge is 2.22. The van der Waals surface area contributed by atoms with E-state index in [-0.39, 0.29) is 59.9 Å². The first kappa shape index (κ1) is 71.3. The molecule has 0 unspecified atom stereocenters. The van der Waals surface area contributed by atoms with Gasteiger partial charge in [0.25, 0.3) is 5.91 Å². The summed E-state index contributed by atoms with van der Waals surface area (Å²) in [7, 11) is 0. The monoisotopic (exact) mass is 1280 g/mol. The molecule has 3 saturated heterocycles. The van der Waals surface area contributed by atoms with Crippen LogP contribution in [0, 0.1) is 5.92 Å². The topological polar surface area (TPSA) is 158 Å². The molecule has 0 bridgehead atoms. The summed E-state index contributed by atoms with van der Waals surface area (Å²) < 4.78 is 78.2. The molecular weight excluding hydrogens is 1200 g/mol. The lowest BCUT2D eigenvalue weighted by Gasteiger charge is -2.32. The number of phenolic OH excluding ortho intramolecular Hbond substituents is 1. The second-order valence-corrected chi connectivity index (χ2v) is 21.6. The summed E-state index contributed by atoms with van der Waals surface area (Å²) >= 11 is 23.1.